The van der Waals surface area contributed by atoms with Crippen molar-refractivity contribution in [3.8, 4) is 0 Å². The van der Waals surface area contributed by atoms with Gasteiger partial charge in [0.2, 0.25) is 29.2 Å². The summed E-state index contributed by atoms with van der Waals surface area (Å²) in [6, 6.07) is -1.19. The molecule has 0 unspecified atom stereocenters. The molecule has 248 valence electrons. The van der Waals surface area contributed by atoms with Gasteiger partial charge in [-0.3, -0.25) is 19.3 Å². The lowest BCUT2D eigenvalue weighted by atomic mass is 10.0. The number of anilines is 3. The zero-order valence-corrected chi connectivity index (χ0v) is 26.4. The van der Waals surface area contributed by atoms with Crippen molar-refractivity contribution in [2.45, 2.75) is 37.4 Å². The number of carbonyl (C=O) groups excluding carboxylic acids is 4. The molecule has 0 bridgehead atoms. The van der Waals surface area contributed by atoms with Crippen LogP contribution in [0.25, 0.3) is 0 Å². The van der Waals surface area contributed by atoms with E-state index in [4.69, 9.17) is 27.8 Å². The molecule has 0 spiro atoms. The lowest BCUT2D eigenvalue weighted by Gasteiger charge is -2.50. The van der Waals surface area contributed by atoms with Gasteiger partial charge in [-0.25, -0.2) is 4.79 Å². The van der Waals surface area contributed by atoms with Crippen molar-refractivity contribution < 1.29 is 43.7 Å². The summed E-state index contributed by atoms with van der Waals surface area (Å²) in [5, 5.41) is 29.6. The molecule has 0 aromatic carbocycles. The largest absolute Gasteiger partial charge is 0.543 e. The summed E-state index contributed by atoms with van der Waals surface area (Å²) in [5.41, 5.74) is 20.8. The van der Waals surface area contributed by atoms with E-state index in [-0.39, 0.29) is 53.5 Å². The first-order chi connectivity index (χ1) is 21.6. The Bertz CT molecular complexity index is 1650. The van der Waals surface area contributed by atoms with Crippen molar-refractivity contribution in [1.29, 1.82) is 0 Å². The molecule has 1 fully saturated rings. The van der Waals surface area contributed by atoms with E-state index in [0.29, 0.717) is 5.57 Å². The quantitative estimate of drug-likeness (QED) is 0.0454. The first kappa shape index (κ1) is 34.1. The molecule has 3 amide bonds. The van der Waals surface area contributed by atoms with Crippen LogP contribution in [0.3, 0.4) is 0 Å². The normalized spacial score (nSPS) is 18.3. The average Bonchev–Trinajstić information content (AvgIpc) is 3.54. The van der Waals surface area contributed by atoms with E-state index in [2.05, 4.69) is 25.1 Å². The fourth-order valence-corrected chi connectivity index (χ4v) is 6.09. The number of nitrogens with one attached hydrogen (secondary N) is 2. The molecule has 20 nitrogen and oxygen atoms in total. The van der Waals surface area contributed by atoms with E-state index in [1.54, 1.807) is 11.7 Å². The van der Waals surface area contributed by atoms with E-state index in [0.717, 1.165) is 16.4 Å². The minimum absolute atomic E-state index is 0.0133. The Morgan fingerprint density at radius 2 is 1.96 bits per heavy atom. The Balaban J connectivity index is 1.55. The molecule has 46 heavy (non-hydrogen) atoms. The number of thioether (sulfide) groups is 1. The summed E-state index contributed by atoms with van der Waals surface area (Å²) in [6.07, 6.45) is 1.50. The highest BCUT2D eigenvalue weighted by Gasteiger charge is 2.53. The minimum atomic E-state index is -1.83. The van der Waals surface area contributed by atoms with Gasteiger partial charge in [0.05, 0.1) is 24.6 Å². The van der Waals surface area contributed by atoms with Crippen molar-refractivity contribution >= 4 is 75.3 Å². The number of nitrogens with two attached hydrogens (primary N) is 4. The van der Waals surface area contributed by atoms with Crippen LogP contribution in [0.5, 0.6) is 0 Å². The number of carboxylic acids is 2. The molecule has 1 saturated heterocycles. The summed E-state index contributed by atoms with van der Waals surface area (Å²) >= 11 is 1.92. The van der Waals surface area contributed by atoms with Crippen LogP contribution < -0.4 is 43.4 Å². The lowest BCUT2D eigenvalue weighted by Crippen LogP contribution is -2.71. The van der Waals surface area contributed by atoms with E-state index < -0.39 is 58.3 Å². The maximum atomic E-state index is 13.3. The number of aliphatic carboxylic acids is 2. The first-order valence-corrected chi connectivity index (χ1v) is 15.3. The number of amides is 3. The third-order valence-electron chi connectivity index (χ3n) is 7.11. The maximum absolute atomic E-state index is 13.3. The SMILES string of the molecule is Cn1c(N)c(NC(=O)C(CN)CN)c[n+]1CC1=C(C(=O)[O-])N2C(=O)[C@@H](NC(=O)/C(=N\OC(C)(C)C(=O)O)c3nsc(N)n3)[C@H]2SC1. The van der Waals surface area contributed by atoms with Crippen LogP contribution in [-0.2, 0) is 42.4 Å². The summed E-state index contributed by atoms with van der Waals surface area (Å²) in [7, 11) is 1.60. The molecule has 2 aromatic rings. The van der Waals surface area contributed by atoms with Gasteiger partial charge >= 0.3 is 5.97 Å². The highest BCUT2D eigenvalue weighted by molar-refractivity contribution is 8.00. The van der Waals surface area contributed by atoms with Gasteiger partial charge in [-0.2, -0.15) is 9.36 Å². The number of carboxylic acid groups (broad SMARTS) is 2. The molecule has 2 aliphatic heterocycles. The smallest absolute Gasteiger partial charge is 0.350 e. The number of carbonyl (C=O) groups is 5. The molecule has 11 N–H and O–H groups in total. The number of fused-ring (bicyclic) bond motifs is 1. The van der Waals surface area contributed by atoms with Crippen LogP contribution in [0.2, 0.25) is 0 Å². The van der Waals surface area contributed by atoms with E-state index >= 15 is 0 Å². The number of β-lactam (4-membered cyclic amide) rings is 1. The van der Waals surface area contributed by atoms with Gasteiger partial charge < -0.3 is 53.4 Å². The van der Waals surface area contributed by atoms with Crippen LogP contribution >= 0.6 is 23.3 Å². The number of hydrogen-bond donors (Lipinski definition) is 7. The van der Waals surface area contributed by atoms with Gasteiger partial charge in [-0.05, 0) is 13.8 Å². The topological polar surface area (TPSA) is 316 Å². The standard InChI is InChI=1S/C24H32N12O8S2/c1-24(2,22(42)43)44-32-12(16-31-23(28)46-33-16)18(38)30-13-19(39)36-14(21(40)41)10(8-45-20(13)36)6-35-7-11(15(27)34(35)3)29-17(37)9(4-25)5-26/h7,9,13,20,27H,4-6,8,25-26H2,1-3H3,(H6,28,29,30,31,33,37,38,40,41,42,43)/b32-12-/t13-,20-/m1/s1. The molecular formula is C24H32N12O8S2. The number of oxime groups is 1. The summed E-state index contributed by atoms with van der Waals surface area (Å²) in [5.74, 6) is -5.77. The highest BCUT2D eigenvalue weighted by atomic mass is 32.2. The third kappa shape index (κ3) is 6.59. The number of nitrogen functional groups attached to an aromatic ring is 2. The Morgan fingerprint density at radius 1 is 1.28 bits per heavy atom. The van der Waals surface area contributed by atoms with Gasteiger partial charge in [-0.1, -0.05) is 5.16 Å². The van der Waals surface area contributed by atoms with Crippen LogP contribution in [0, 0.1) is 5.92 Å². The van der Waals surface area contributed by atoms with Gasteiger partial charge in [0, 0.05) is 35.9 Å². The second-order valence-electron chi connectivity index (χ2n) is 10.6. The monoisotopic (exact) mass is 680 g/mol. The molecule has 2 atom stereocenters. The fraction of sp³-hybridized carbons (Fsp3) is 0.458. The molecule has 0 aliphatic carbocycles. The average molecular weight is 681 g/mol. The fourth-order valence-electron chi connectivity index (χ4n) is 4.32. The highest BCUT2D eigenvalue weighted by Crippen LogP contribution is 2.40. The molecule has 0 saturated carbocycles. The molecule has 4 rings (SSSR count). The van der Waals surface area contributed by atoms with Crippen molar-refractivity contribution in [2.24, 2.45) is 29.6 Å². The molecular weight excluding hydrogens is 648 g/mol. The molecule has 22 heteroatoms. The van der Waals surface area contributed by atoms with Gasteiger partial charge in [0.15, 0.2) is 23.2 Å². The van der Waals surface area contributed by atoms with Crippen molar-refractivity contribution in [2.75, 3.05) is 35.6 Å². The number of rotatable bonds is 13. The molecule has 2 aromatic heterocycles. The van der Waals surface area contributed by atoms with Crippen molar-refractivity contribution in [1.82, 2.24) is 24.3 Å². The van der Waals surface area contributed by atoms with E-state index in [1.165, 1.54) is 36.5 Å². The Kier molecular flexibility index (Phi) is 9.84. The molecule has 2 aliphatic rings. The number of aromatic nitrogens is 4. The first-order valence-electron chi connectivity index (χ1n) is 13.4. The van der Waals surface area contributed by atoms with Gasteiger partial charge in [0.25, 0.3) is 11.8 Å². The van der Waals surface area contributed by atoms with Crippen LogP contribution in [0.1, 0.15) is 19.7 Å². The van der Waals surface area contributed by atoms with Gasteiger partial charge in [-0.15, -0.1) is 21.1 Å². The summed E-state index contributed by atoms with van der Waals surface area (Å²) in [4.78, 5) is 72.7. The zero-order valence-electron chi connectivity index (χ0n) is 24.8. The molecule has 0 radical (unpaired) electrons. The van der Waals surface area contributed by atoms with Crippen molar-refractivity contribution in [3.05, 3.63) is 23.3 Å². The van der Waals surface area contributed by atoms with Crippen LogP contribution in [-0.4, -0.2) is 95.3 Å². The van der Waals surface area contributed by atoms with Crippen molar-refractivity contribution in [3.63, 3.8) is 0 Å². The maximum Gasteiger partial charge on any atom is 0.350 e. The lowest BCUT2D eigenvalue weighted by molar-refractivity contribution is -0.765. The van der Waals surface area contributed by atoms with Gasteiger partial charge in [0.1, 0.15) is 11.4 Å². The summed E-state index contributed by atoms with van der Waals surface area (Å²) < 4.78 is 6.94. The second kappa shape index (κ2) is 13.3. The predicted molar refractivity (Wildman–Crippen MR) is 161 cm³/mol. The number of hydrogen-bond acceptors (Lipinski definition) is 16. The van der Waals surface area contributed by atoms with Crippen LogP contribution in [0.15, 0.2) is 22.6 Å². The summed E-state index contributed by atoms with van der Waals surface area (Å²) in [6.45, 7) is 2.42. The minimum Gasteiger partial charge on any atom is -0.543 e. The molecule has 4 heterocycles. The number of nitrogens with zero attached hydrogens (tertiary/aromatic N) is 6. The predicted octanol–water partition coefficient (Wildman–Crippen LogP) is -4.51. The Morgan fingerprint density at radius 3 is 2.52 bits per heavy atom. The van der Waals surface area contributed by atoms with Crippen LogP contribution in [0.4, 0.5) is 16.6 Å². The third-order valence-corrected chi connectivity index (χ3v) is 9.00. The zero-order chi connectivity index (χ0) is 34.1. The van der Waals surface area contributed by atoms with E-state index in [1.807, 2.05) is 0 Å². The second-order valence-corrected chi connectivity index (χ2v) is 12.5. The Labute approximate surface area is 268 Å². The van der Waals surface area contributed by atoms with E-state index in [9.17, 15) is 34.2 Å². The Hall–Kier alpha value is -4.80.